The molecule has 7 nitrogen and oxygen atoms in total. The molecule has 3 heterocycles. The molecule has 1 amide bonds. The van der Waals surface area contributed by atoms with Crippen molar-refractivity contribution in [2.45, 2.75) is 18.4 Å². The van der Waals surface area contributed by atoms with Gasteiger partial charge in [-0.05, 0) is 18.6 Å². The van der Waals surface area contributed by atoms with Crippen LogP contribution in [0.1, 0.15) is 23.3 Å². The van der Waals surface area contributed by atoms with Crippen molar-refractivity contribution in [3.8, 4) is 0 Å². The lowest BCUT2D eigenvalue weighted by molar-refractivity contribution is -0.138. The normalized spacial score (nSPS) is 21.5. The largest absolute Gasteiger partial charge is 0.481 e. The molecule has 0 aromatic carbocycles. The van der Waals surface area contributed by atoms with Gasteiger partial charge in [0.25, 0.3) is 5.91 Å². The number of nitrogens with zero attached hydrogens (tertiary/aromatic N) is 2. The molecule has 1 aliphatic heterocycles. The van der Waals surface area contributed by atoms with Crippen molar-refractivity contribution in [2.24, 2.45) is 0 Å². The van der Waals surface area contributed by atoms with Gasteiger partial charge in [0.05, 0.1) is 18.6 Å². The maximum atomic E-state index is 12.3. The van der Waals surface area contributed by atoms with E-state index < -0.39 is 11.5 Å². The van der Waals surface area contributed by atoms with Crippen LogP contribution in [0.3, 0.4) is 0 Å². The number of carboxylic acid groups (broad SMARTS) is 1. The smallest absolute Gasteiger partial charge is 0.305 e. The second kappa shape index (κ2) is 5.17. The van der Waals surface area contributed by atoms with Crippen molar-refractivity contribution in [3.63, 3.8) is 0 Å². The third-order valence-electron chi connectivity index (χ3n) is 3.57. The molecule has 2 N–H and O–H groups in total. The highest BCUT2D eigenvalue weighted by Gasteiger charge is 2.39. The fraction of sp³-hybridized carbons (Fsp3) is 0.357. The molecule has 2 aromatic heterocycles. The molecule has 2 aromatic rings. The first-order valence-electron chi connectivity index (χ1n) is 6.64. The van der Waals surface area contributed by atoms with Gasteiger partial charge in [-0.25, -0.2) is 4.98 Å². The van der Waals surface area contributed by atoms with E-state index in [-0.39, 0.29) is 24.6 Å². The third-order valence-corrected chi connectivity index (χ3v) is 3.57. The van der Waals surface area contributed by atoms with Crippen LogP contribution in [-0.2, 0) is 9.53 Å². The first kappa shape index (κ1) is 13.6. The van der Waals surface area contributed by atoms with Crippen LogP contribution in [0.15, 0.2) is 30.6 Å². The van der Waals surface area contributed by atoms with Crippen molar-refractivity contribution in [3.05, 3.63) is 36.3 Å². The van der Waals surface area contributed by atoms with Crippen molar-refractivity contribution in [1.29, 1.82) is 0 Å². The number of carboxylic acids is 1. The van der Waals surface area contributed by atoms with Gasteiger partial charge in [0.15, 0.2) is 0 Å². The maximum absolute atomic E-state index is 12.3. The average Bonchev–Trinajstić information content (AvgIpc) is 3.04. The van der Waals surface area contributed by atoms with Crippen LogP contribution in [-0.4, -0.2) is 45.1 Å². The topological polar surface area (TPSA) is 92.9 Å². The van der Waals surface area contributed by atoms with Crippen molar-refractivity contribution < 1.29 is 19.4 Å². The van der Waals surface area contributed by atoms with Crippen LogP contribution < -0.4 is 5.32 Å². The van der Waals surface area contributed by atoms with Gasteiger partial charge in [-0.15, -0.1) is 0 Å². The van der Waals surface area contributed by atoms with E-state index in [0.29, 0.717) is 18.7 Å². The number of nitrogens with one attached hydrogen (secondary N) is 1. The molecule has 1 saturated heterocycles. The molecule has 21 heavy (non-hydrogen) atoms. The average molecular weight is 289 g/mol. The molecule has 1 fully saturated rings. The lowest BCUT2D eigenvalue weighted by Crippen LogP contribution is -2.50. The van der Waals surface area contributed by atoms with E-state index in [1.807, 2.05) is 12.1 Å². The number of ether oxygens (including phenoxy) is 1. The number of fused-ring (bicyclic) bond motifs is 1. The summed E-state index contributed by atoms with van der Waals surface area (Å²) in [5.74, 6) is -1.35. The van der Waals surface area contributed by atoms with E-state index in [4.69, 9.17) is 9.84 Å². The fourth-order valence-corrected chi connectivity index (χ4v) is 2.53. The first-order chi connectivity index (χ1) is 10.1. The van der Waals surface area contributed by atoms with Crippen LogP contribution in [0, 0.1) is 0 Å². The Morgan fingerprint density at radius 1 is 1.48 bits per heavy atom. The summed E-state index contributed by atoms with van der Waals surface area (Å²) in [6, 6.07) is 5.47. The monoisotopic (exact) mass is 289 g/mol. The predicted molar refractivity (Wildman–Crippen MR) is 73.1 cm³/mol. The predicted octanol–water partition coefficient (Wildman–Crippen LogP) is 0.698. The van der Waals surface area contributed by atoms with Crippen molar-refractivity contribution in [1.82, 2.24) is 14.7 Å². The van der Waals surface area contributed by atoms with Crippen LogP contribution in [0.4, 0.5) is 0 Å². The molecule has 7 heteroatoms. The van der Waals surface area contributed by atoms with Gasteiger partial charge < -0.3 is 19.6 Å². The molecule has 0 spiro atoms. The zero-order chi connectivity index (χ0) is 14.9. The minimum absolute atomic E-state index is 0.161. The maximum Gasteiger partial charge on any atom is 0.305 e. The summed E-state index contributed by atoms with van der Waals surface area (Å²) in [5.41, 5.74) is 0.0779. The van der Waals surface area contributed by atoms with Gasteiger partial charge in [-0.2, -0.15) is 0 Å². The number of carbonyl (C=O) groups excluding carboxylic acids is 1. The summed E-state index contributed by atoms with van der Waals surface area (Å²) in [7, 11) is 0. The highest BCUT2D eigenvalue weighted by atomic mass is 16.5. The van der Waals surface area contributed by atoms with Gasteiger partial charge in [0.2, 0.25) is 0 Å². The Labute approximate surface area is 120 Å². The number of aromatic nitrogens is 2. The number of carbonyl (C=O) groups is 2. The molecule has 1 unspecified atom stereocenters. The Morgan fingerprint density at radius 3 is 3.00 bits per heavy atom. The number of imidazole rings is 1. The quantitative estimate of drug-likeness (QED) is 0.864. The second-order valence-electron chi connectivity index (χ2n) is 5.20. The molecule has 1 atom stereocenters. The molecular formula is C14H15N3O4. The van der Waals surface area contributed by atoms with Crippen LogP contribution >= 0.6 is 0 Å². The zero-order valence-corrected chi connectivity index (χ0v) is 11.3. The third kappa shape index (κ3) is 2.73. The van der Waals surface area contributed by atoms with Gasteiger partial charge >= 0.3 is 5.97 Å². The second-order valence-corrected chi connectivity index (χ2v) is 5.20. The van der Waals surface area contributed by atoms with E-state index in [9.17, 15) is 9.59 Å². The van der Waals surface area contributed by atoms with Crippen LogP contribution in [0.5, 0.6) is 0 Å². The van der Waals surface area contributed by atoms with E-state index in [2.05, 4.69) is 10.3 Å². The summed E-state index contributed by atoms with van der Waals surface area (Å²) in [5, 5.41) is 11.8. The molecule has 3 rings (SSSR count). The molecule has 110 valence electrons. The number of hydrogen-bond donors (Lipinski definition) is 2. The fourth-order valence-electron chi connectivity index (χ4n) is 2.53. The first-order valence-corrected chi connectivity index (χ1v) is 6.64. The SMILES string of the molecule is O=C(O)CC1(NC(=O)c2cn3ccccc3n2)CCOC1. The van der Waals surface area contributed by atoms with Crippen molar-refractivity contribution in [2.75, 3.05) is 13.2 Å². The number of amides is 1. The molecule has 0 saturated carbocycles. The Bertz CT molecular complexity index is 655. The molecular weight excluding hydrogens is 274 g/mol. The summed E-state index contributed by atoms with van der Waals surface area (Å²) in [4.78, 5) is 27.5. The van der Waals surface area contributed by atoms with Gasteiger partial charge in [-0.1, -0.05) is 6.07 Å². The number of hydrogen-bond acceptors (Lipinski definition) is 4. The van der Waals surface area contributed by atoms with Gasteiger partial charge in [-0.3, -0.25) is 9.59 Å². The standard InChI is InChI=1S/C14H15N3O4/c18-12(19)7-14(4-6-21-9-14)16-13(20)10-8-17-5-2-1-3-11(17)15-10/h1-3,5,8H,4,6-7,9H2,(H,16,20)(H,18,19). The highest BCUT2D eigenvalue weighted by Crippen LogP contribution is 2.23. The van der Waals surface area contributed by atoms with Crippen LogP contribution in [0.2, 0.25) is 0 Å². The summed E-state index contributed by atoms with van der Waals surface area (Å²) >= 11 is 0. The summed E-state index contributed by atoms with van der Waals surface area (Å²) < 4.78 is 6.99. The molecule has 1 aliphatic rings. The highest BCUT2D eigenvalue weighted by molar-refractivity contribution is 5.93. The van der Waals surface area contributed by atoms with Gasteiger partial charge in [0.1, 0.15) is 11.3 Å². The van der Waals surface area contributed by atoms with E-state index >= 15 is 0 Å². The number of pyridine rings is 1. The minimum Gasteiger partial charge on any atom is -0.481 e. The van der Waals surface area contributed by atoms with Crippen molar-refractivity contribution >= 4 is 17.5 Å². The van der Waals surface area contributed by atoms with E-state index in [1.165, 1.54) is 0 Å². The Kier molecular flexibility index (Phi) is 3.34. The van der Waals surface area contributed by atoms with E-state index in [1.54, 1.807) is 22.9 Å². The Morgan fingerprint density at radius 2 is 2.33 bits per heavy atom. The Hall–Kier alpha value is -2.41. The number of aliphatic carboxylic acids is 1. The van der Waals surface area contributed by atoms with Crippen LogP contribution in [0.25, 0.3) is 5.65 Å². The molecule has 0 bridgehead atoms. The molecule has 0 aliphatic carbocycles. The van der Waals surface area contributed by atoms with E-state index in [0.717, 1.165) is 0 Å². The summed E-state index contributed by atoms with van der Waals surface area (Å²) in [6.45, 7) is 0.650. The zero-order valence-electron chi connectivity index (χ0n) is 11.3. The molecule has 0 radical (unpaired) electrons. The lowest BCUT2D eigenvalue weighted by atomic mass is 9.94. The minimum atomic E-state index is -0.962. The summed E-state index contributed by atoms with van der Waals surface area (Å²) in [6.07, 6.45) is 3.74. The number of rotatable bonds is 4. The Balaban J connectivity index is 1.82. The lowest BCUT2D eigenvalue weighted by Gasteiger charge is -2.26. The van der Waals surface area contributed by atoms with Gasteiger partial charge in [0, 0.05) is 19.0 Å².